The van der Waals surface area contributed by atoms with Crippen molar-refractivity contribution in [2.24, 2.45) is 5.10 Å². The monoisotopic (exact) mass is 360 g/mol. The van der Waals surface area contributed by atoms with Crippen LogP contribution >= 0.6 is 0 Å². The molecule has 0 saturated heterocycles. The fraction of sp³-hybridized carbons (Fsp3) is 0.235. The van der Waals surface area contributed by atoms with Crippen molar-refractivity contribution in [2.75, 3.05) is 19.3 Å². The van der Waals surface area contributed by atoms with Gasteiger partial charge < -0.3 is 0 Å². The summed E-state index contributed by atoms with van der Waals surface area (Å²) in [4.78, 5) is 15.8. The van der Waals surface area contributed by atoms with Gasteiger partial charge in [0.1, 0.15) is 0 Å². The van der Waals surface area contributed by atoms with Gasteiger partial charge in [0.2, 0.25) is 10.0 Å². The molecule has 1 aromatic carbocycles. The van der Waals surface area contributed by atoms with Crippen LogP contribution in [-0.2, 0) is 21.2 Å². The summed E-state index contributed by atoms with van der Waals surface area (Å²) >= 11 is 0. The smallest absolute Gasteiger partial charge is 0.255 e. The summed E-state index contributed by atoms with van der Waals surface area (Å²) in [7, 11) is -3.49. The minimum Gasteiger partial charge on any atom is -0.272 e. The largest absolute Gasteiger partial charge is 0.272 e. The first-order valence-electron chi connectivity index (χ1n) is 7.66. The highest BCUT2D eigenvalue weighted by Gasteiger charge is 2.19. The van der Waals surface area contributed by atoms with Crippen LogP contribution in [0.3, 0.4) is 0 Å². The van der Waals surface area contributed by atoms with E-state index in [2.05, 4.69) is 15.5 Å². The van der Waals surface area contributed by atoms with Gasteiger partial charge in [-0.3, -0.25) is 9.78 Å². The average molecular weight is 360 g/mol. The van der Waals surface area contributed by atoms with E-state index in [1.165, 1.54) is 6.21 Å². The van der Waals surface area contributed by atoms with E-state index >= 15 is 0 Å². The van der Waals surface area contributed by atoms with Gasteiger partial charge in [-0.15, -0.1) is 0 Å². The number of rotatable bonds is 8. The molecule has 7 nitrogen and oxygen atoms in total. The van der Waals surface area contributed by atoms with Gasteiger partial charge in [-0.1, -0.05) is 30.3 Å². The molecule has 1 aromatic heterocycles. The molecule has 0 unspecified atom stereocenters. The number of nitrogens with one attached hydrogen (secondary N) is 1. The van der Waals surface area contributed by atoms with E-state index in [0.29, 0.717) is 6.42 Å². The Labute approximate surface area is 147 Å². The number of hydrogen-bond acceptors (Lipinski definition) is 5. The molecule has 1 amide bonds. The number of sulfonamides is 1. The second-order valence-corrected chi connectivity index (χ2v) is 7.39. The van der Waals surface area contributed by atoms with Crippen molar-refractivity contribution in [2.45, 2.75) is 6.42 Å². The van der Waals surface area contributed by atoms with Crippen LogP contribution in [0.5, 0.6) is 0 Å². The number of carbonyl (C=O) groups excluding carboxylic acids is 1. The Kier molecular flexibility index (Phi) is 6.79. The SMILES string of the molecule is CS(=O)(=O)N(CCc1ccccc1)CC(=O)N/N=C/c1ccncc1. The first-order chi connectivity index (χ1) is 11.9. The van der Waals surface area contributed by atoms with E-state index in [1.807, 2.05) is 30.3 Å². The molecule has 0 fully saturated rings. The van der Waals surface area contributed by atoms with Gasteiger partial charge in [-0.05, 0) is 29.7 Å². The molecule has 2 rings (SSSR count). The molecule has 1 N–H and O–H groups in total. The highest BCUT2D eigenvalue weighted by Crippen LogP contribution is 2.04. The number of carbonyl (C=O) groups is 1. The fourth-order valence-electron chi connectivity index (χ4n) is 2.08. The molecular formula is C17H20N4O3S. The maximum atomic E-state index is 12.0. The molecule has 2 aromatic rings. The highest BCUT2D eigenvalue weighted by molar-refractivity contribution is 7.88. The minimum absolute atomic E-state index is 0.227. The molecule has 0 bridgehead atoms. The summed E-state index contributed by atoms with van der Waals surface area (Å²) in [6.45, 7) is -0.0519. The molecule has 0 aliphatic carbocycles. The zero-order valence-corrected chi connectivity index (χ0v) is 14.7. The van der Waals surface area contributed by atoms with Crippen molar-refractivity contribution in [3.05, 3.63) is 66.0 Å². The van der Waals surface area contributed by atoms with Crippen LogP contribution in [0.2, 0.25) is 0 Å². The normalized spacial score (nSPS) is 11.8. The van der Waals surface area contributed by atoms with E-state index < -0.39 is 15.9 Å². The van der Waals surface area contributed by atoms with E-state index in [1.54, 1.807) is 24.5 Å². The van der Waals surface area contributed by atoms with E-state index in [-0.39, 0.29) is 13.1 Å². The molecule has 1 heterocycles. The molecule has 25 heavy (non-hydrogen) atoms. The van der Waals surface area contributed by atoms with Crippen LogP contribution in [0.1, 0.15) is 11.1 Å². The zero-order chi connectivity index (χ0) is 18.1. The van der Waals surface area contributed by atoms with Crippen LogP contribution in [0, 0.1) is 0 Å². The molecule has 132 valence electrons. The lowest BCUT2D eigenvalue weighted by molar-refractivity contribution is -0.121. The molecule has 0 radical (unpaired) electrons. The molecule has 0 aliphatic rings. The predicted molar refractivity (Wildman–Crippen MR) is 96.5 cm³/mol. The van der Waals surface area contributed by atoms with Crippen molar-refractivity contribution in [3.63, 3.8) is 0 Å². The number of hydrogen-bond donors (Lipinski definition) is 1. The second-order valence-electron chi connectivity index (χ2n) is 5.41. The Morgan fingerprint density at radius 3 is 2.52 bits per heavy atom. The summed E-state index contributed by atoms with van der Waals surface area (Å²) < 4.78 is 24.9. The van der Waals surface area contributed by atoms with Crippen molar-refractivity contribution < 1.29 is 13.2 Å². The third-order valence-electron chi connectivity index (χ3n) is 3.39. The molecular weight excluding hydrogens is 340 g/mol. The molecule has 0 atom stereocenters. The maximum absolute atomic E-state index is 12.0. The summed E-state index contributed by atoms with van der Waals surface area (Å²) in [6.07, 6.45) is 6.30. The van der Waals surface area contributed by atoms with Crippen molar-refractivity contribution in [3.8, 4) is 0 Å². The number of nitrogens with zero attached hydrogens (tertiary/aromatic N) is 3. The number of amides is 1. The quantitative estimate of drug-likeness (QED) is 0.562. The van der Waals surface area contributed by atoms with Gasteiger partial charge in [-0.2, -0.15) is 9.41 Å². The van der Waals surface area contributed by atoms with Gasteiger partial charge in [0.15, 0.2) is 0 Å². The first kappa shape index (κ1) is 18.8. The lowest BCUT2D eigenvalue weighted by Crippen LogP contribution is -2.40. The topological polar surface area (TPSA) is 91.7 Å². The average Bonchev–Trinajstić information content (AvgIpc) is 2.59. The zero-order valence-electron chi connectivity index (χ0n) is 13.9. The van der Waals surface area contributed by atoms with Gasteiger partial charge in [0.05, 0.1) is 19.0 Å². The number of hydrazone groups is 1. The Balaban J connectivity index is 1.90. The second kappa shape index (κ2) is 9.05. The van der Waals surface area contributed by atoms with Gasteiger partial charge >= 0.3 is 0 Å². The van der Waals surface area contributed by atoms with E-state index in [4.69, 9.17) is 0 Å². The lowest BCUT2D eigenvalue weighted by Gasteiger charge is -2.18. The number of aromatic nitrogens is 1. The third-order valence-corrected chi connectivity index (χ3v) is 4.64. The van der Waals surface area contributed by atoms with Crippen LogP contribution in [0.4, 0.5) is 0 Å². The van der Waals surface area contributed by atoms with Crippen molar-refractivity contribution >= 4 is 22.1 Å². The third kappa shape index (κ3) is 6.82. The van der Waals surface area contributed by atoms with E-state index in [0.717, 1.165) is 21.7 Å². The molecule has 8 heteroatoms. The molecule has 0 aliphatic heterocycles. The summed E-state index contributed by atoms with van der Waals surface area (Å²) in [5.74, 6) is -0.496. The van der Waals surface area contributed by atoms with Gasteiger partial charge in [-0.25, -0.2) is 13.8 Å². The van der Waals surface area contributed by atoms with Gasteiger partial charge in [0, 0.05) is 18.9 Å². The highest BCUT2D eigenvalue weighted by atomic mass is 32.2. The van der Waals surface area contributed by atoms with Crippen LogP contribution in [-0.4, -0.2) is 49.2 Å². The van der Waals surface area contributed by atoms with Crippen LogP contribution < -0.4 is 5.43 Å². The van der Waals surface area contributed by atoms with Gasteiger partial charge in [0.25, 0.3) is 5.91 Å². The number of benzene rings is 1. The summed E-state index contributed by atoms with van der Waals surface area (Å²) in [5, 5.41) is 3.82. The minimum atomic E-state index is -3.49. The lowest BCUT2D eigenvalue weighted by atomic mass is 10.1. The van der Waals surface area contributed by atoms with Crippen LogP contribution in [0.25, 0.3) is 0 Å². The van der Waals surface area contributed by atoms with Crippen LogP contribution in [0.15, 0.2) is 60.0 Å². The Morgan fingerprint density at radius 1 is 1.20 bits per heavy atom. The maximum Gasteiger partial charge on any atom is 0.255 e. The Bertz CT molecular complexity index is 808. The Hall–Kier alpha value is -2.58. The summed E-state index contributed by atoms with van der Waals surface area (Å²) in [6, 6.07) is 13.0. The predicted octanol–water partition coefficient (Wildman–Crippen LogP) is 1.04. The van der Waals surface area contributed by atoms with E-state index in [9.17, 15) is 13.2 Å². The number of pyridine rings is 1. The van der Waals surface area contributed by atoms with Crippen molar-refractivity contribution in [1.82, 2.24) is 14.7 Å². The molecule has 0 spiro atoms. The standard InChI is InChI=1S/C17H20N4O3S/c1-25(23,24)21(12-9-15-5-3-2-4-6-15)14-17(22)20-19-13-16-7-10-18-11-8-16/h2-8,10-11,13H,9,12,14H2,1H3,(H,20,22)/b19-13+. The fourth-order valence-corrected chi connectivity index (χ4v) is 2.86. The Morgan fingerprint density at radius 2 is 1.88 bits per heavy atom. The summed E-state index contributed by atoms with van der Waals surface area (Å²) in [5.41, 5.74) is 4.12. The first-order valence-corrected chi connectivity index (χ1v) is 9.51. The molecule has 0 saturated carbocycles. The van der Waals surface area contributed by atoms with Crippen molar-refractivity contribution in [1.29, 1.82) is 0 Å².